The SMILES string of the molecule is CC[C@H]1CCc2c(sc(N3C(=O)[C@@H]4[C@H](C3=O)[C@@H]3CC[C@H]4O3)c2C(=O)NC2CC2)C1. The summed E-state index contributed by atoms with van der Waals surface area (Å²) in [7, 11) is 0. The first-order valence-electron chi connectivity index (χ1n) is 11.1. The third-order valence-electron chi connectivity index (χ3n) is 7.55. The van der Waals surface area contributed by atoms with Crippen molar-refractivity contribution in [2.24, 2.45) is 17.8 Å². The van der Waals surface area contributed by atoms with Gasteiger partial charge in [-0.25, -0.2) is 4.90 Å². The fourth-order valence-electron chi connectivity index (χ4n) is 5.78. The monoisotopic (exact) mass is 414 g/mol. The summed E-state index contributed by atoms with van der Waals surface area (Å²) in [4.78, 5) is 42.4. The second-order valence-electron chi connectivity index (χ2n) is 9.30. The van der Waals surface area contributed by atoms with Crippen molar-refractivity contribution in [2.45, 2.75) is 76.5 Å². The minimum absolute atomic E-state index is 0.105. The van der Waals surface area contributed by atoms with Gasteiger partial charge in [-0.1, -0.05) is 13.3 Å². The second-order valence-corrected chi connectivity index (χ2v) is 10.4. The van der Waals surface area contributed by atoms with Crippen LogP contribution in [0.1, 0.15) is 66.2 Å². The number of nitrogens with zero attached hydrogens (tertiary/aromatic N) is 1. The molecule has 0 unspecified atom stereocenters. The smallest absolute Gasteiger partial charge is 0.254 e. The van der Waals surface area contributed by atoms with Crippen molar-refractivity contribution in [1.29, 1.82) is 0 Å². The number of hydrogen-bond donors (Lipinski definition) is 1. The molecule has 3 amide bonds. The molecule has 0 radical (unpaired) electrons. The summed E-state index contributed by atoms with van der Waals surface area (Å²) in [5.74, 6) is -0.517. The molecule has 4 heterocycles. The first kappa shape index (κ1) is 18.1. The summed E-state index contributed by atoms with van der Waals surface area (Å²) < 4.78 is 5.87. The van der Waals surface area contributed by atoms with Gasteiger partial charge in [-0.15, -0.1) is 11.3 Å². The molecule has 1 aromatic rings. The van der Waals surface area contributed by atoms with Crippen LogP contribution in [-0.4, -0.2) is 36.0 Å². The highest BCUT2D eigenvalue weighted by molar-refractivity contribution is 7.17. The lowest BCUT2D eigenvalue weighted by atomic mass is 9.81. The quantitative estimate of drug-likeness (QED) is 0.769. The Labute approximate surface area is 174 Å². The van der Waals surface area contributed by atoms with E-state index < -0.39 is 0 Å². The van der Waals surface area contributed by atoms with Gasteiger partial charge in [0.1, 0.15) is 5.00 Å². The van der Waals surface area contributed by atoms with Crippen LogP contribution in [0.25, 0.3) is 0 Å². The maximum Gasteiger partial charge on any atom is 0.254 e. The molecule has 1 saturated carbocycles. The lowest BCUT2D eigenvalue weighted by molar-refractivity contribution is -0.124. The van der Waals surface area contributed by atoms with Gasteiger partial charge in [0.05, 0.1) is 29.6 Å². The van der Waals surface area contributed by atoms with E-state index in [2.05, 4.69) is 12.2 Å². The van der Waals surface area contributed by atoms with Crippen LogP contribution in [-0.2, 0) is 27.2 Å². The number of carbonyl (C=O) groups is 3. The van der Waals surface area contributed by atoms with Crippen LogP contribution < -0.4 is 10.2 Å². The Morgan fingerprint density at radius 1 is 1.10 bits per heavy atom. The largest absolute Gasteiger partial charge is 0.373 e. The van der Waals surface area contributed by atoms with Crippen LogP contribution >= 0.6 is 11.3 Å². The van der Waals surface area contributed by atoms with Crippen molar-refractivity contribution >= 4 is 34.1 Å². The molecular formula is C22H26N2O4S. The highest BCUT2D eigenvalue weighted by atomic mass is 32.1. The van der Waals surface area contributed by atoms with Crippen LogP contribution in [0.15, 0.2) is 0 Å². The number of imide groups is 1. The van der Waals surface area contributed by atoms with E-state index in [1.165, 1.54) is 21.1 Å². The Balaban J connectivity index is 1.42. The molecule has 5 atom stereocenters. The molecule has 29 heavy (non-hydrogen) atoms. The summed E-state index contributed by atoms with van der Waals surface area (Å²) in [5, 5.41) is 3.68. The second kappa shape index (κ2) is 6.38. The highest BCUT2D eigenvalue weighted by Crippen LogP contribution is 2.52. The number of nitrogens with one attached hydrogen (secondary N) is 1. The van der Waals surface area contributed by atoms with Gasteiger partial charge < -0.3 is 10.1 Å². The first-order valence-corrected chi connectivity index (χ1v) is 11.9. The average Bonchev–Trinajstić information content (AvgIpc) is 3.07. The maximum absolute atomic E-state index is 13.3. The predicted molar refractivity (Wildman–Crippen MR) is 108 cm³/mol. The summed E-state index contributed by atoms with van der Waals surface area (Å²) in [6, 6.07) is 0.242. The zero-order chi connectivity index (χ0) is 19.9. The summed E-state index contributed by atoms with van der Waals surface area (Å²) in [6.45, 7) is 2.20. The topological polar surface area (TPSA) is 75.7 Å². The van der Waals surface area contributed by atoms with E-state index in [1.807, 2.05) is 0 Å². The van der Waals surface area contributed by atoms with E-state index in [-0.39, 0.29) is 47.8 Å². The number of hydrogen-bond acceptors (Lipinski definition) is 5. The number of amides is 3. The van der Waals surface area contributed by atoms with Crippen LogP contribution in [0, 0.1) is 17.8 Å². The van der Waals surface area contributed by atoms with Crippen LogP contribution in [0.2, 0.25) is 0 Å². The average molecular weight is 415 g/mol. The summed E-state index contributed by atoms with van der Waals surface area (Å²) in [6.07, 6.45) is 7.45. The molecule has 6 nitrogen and oxygen atoms in total. The molecule has 0 spiro atoms. The van der Waals surface area contributed by atoms with Crippen molar-refractivity contribution in [3.05, 3.63) is 16.0 Å². The third-order valence-corrected chi connectivity index (χ3v) is 8.79. The maximum atomic E-state index is 13.3. The molecular weight excluding hydrogens is 388 g/mol. The Morgan fingerprint density at radius 2 is 1.79 bits per heavy atom. The fourth-order valence-corrected chi connectivity index (χ4v) is 7.25. The molecule has 154 valence electrons. The van der Waals surface area contributed by atoms with Crippen molar-refractivity contribution < 1.29 is 19.1 Å². The molecule has 3 aliphatic heterocycles. The number of fused-ring (bicyclic) bond motifs is 6. The number of thiophene rings is 1. The minimum atomic E-state index is -0.358. The molecule has 7 heteroatoms. The van der Waals surface area contributed by atoms with E-state index in [0.717, 1.165) is 56.9 Å². The molecule has 1 N–H and O–H groups in total. The van der Waals surface area contributed by atoms with E-state index >= 15 is 0 Å². The molecule has 2 bridgehead atoms. The fraction of sp³-hybridized carbons (Fsp3) is 0.682. The Kier molecular flexibility index (Phi) is 3.98. The Hall–Kier alpha value is -1.73. The van der Waals surface area contributed by atoms with Crippen molar-refractivity contribution in [3.63, 3.8) is 0 Å². The lowest BCUT2D eigenvalue weighted by Gasteiger charge is -2.21. The highest BCUT2D eigenvalue weighted by Gasteiger charge is 2.63. The molecule has 3 saturated heterocycles. The molecule has 0 aromatic carbocycles. The van der Waals surface area contributed by atoms with Gasteiger partial charge in [0.2, 0.25) is 11.8 Å². The van der Waals surface area contributed by atoms with Gasteiger partial charge in [0.15, 0.2) is 0 Å². The van der Waals surface area contributed by atoms with Crippen molar-refractivity contribution in [2.75, 3.05) is 4.90 Å². The zero-order valence-corrected chi connectivity index (χ0v) is 17.4. The van der Waals surface area contributed by atoms with Gasteiger partial charge in [-0.05, 0) is 56.4 Å². The summed E-state index contributed by atoms with van der Waals surface area (Å²) >= 11 is 1.51. The minimum Gasteiger partial charge on any atom is -0.373 e. The normalized spacial score (nSPS) is 35.2. The van der Waals surface area contributed by atoms with Crippen molar-refractivity contribution in [1.82, 2.24) is 5.32 Å². The van der Waals surface area contributed by atoms with E-state index in [9.17, 15) is 14.4 Å². The van der Waals surface area contributed by atoms with Gasteiger partial charge in [-0.2, -0.15) is 0 Å². The number of rotatable bonds is 4. The molecule has 5 aliphatic rings. The third kappa shape index (κ3) is 2.59. The molecule has 2 aliphatic carbocycles. The van der Waals surface area contributed by atoms with Crippen molar-refractivity contribution in [3.8, 4) is 0 Å². The van der Waals surface area contributed by atoms with E-state index in [0.29, 0.717) is 16.5 Å². The summed E-state index contributed by atoms with van der Waals surface area (Å²) in [5.41, 5.74) is 1.67. The van der Waals surface area contributed by atoms with Gasteiger partial charge in [0.25, 0.3) is 5.91 Å². The predicted octanol–water partition coefficient (Wildman–Crippen LogP) is 2.82. The van der Waals surface area contributed by atoms with E-state index in [4.69, 9.17) is 4.74 Å². The standard InChI is InChI=1S/C22H26N2O4S/c1-2-10-3-6-12-15(9-10)29-22(16(12)19(25)23-11-4-5-11)24-20(26)17-13-7-8-14(28-13)18(17)21(24)27/h10-11,13-14,17-18H,2-9H2,1H3,(H,23,25)/t10-,13-,14+,17+,18-/m0/s1. The molecule has 4 fully saturated rings. The number of ether oxygens (including phenoxy) is 1. The Bertz CT molecular complexity index is 892. The number of carbonyl (C=O) groups excluding carboxylic acids is 3. The first-order chi connectivity index (χ1) is 14.1. The zero-order valence-electron chi connectivity index (χ0n) is 16.6. The van der Waals surface area contributed by atoms with Crippen LogP contribution in [0.3, 0.4) is 0 Å². The van der Waals surface area contributed by atoms with Gasteiger partial charge >= 0.3 is 0 Å². The van der Waals surface area contributed by atoms with E-state index in [1.54, 1.807) is 0 Å². The van der Waals surface area contributed by atoms with Gasteiger partial charge in [0, 0.05) is 10.9 Å². The van der Waals surface area contributed by atoms with Gasteiger partial charge in [-0.3, -0.25) is 14.4 Å². The molecule has 1 aromatic heterocycles. The number of anilines is 1. The Morgan fingerprint density at radius 3 is 2.41 bits per heavy atom. The lowest BCUT2D eigenvalue weighted by Crippen LogP contribution is -2.36. The van der Waals surface area contributed by atoms with Crippen LogP contribution in [0.4, 0.5) is 5.00 Å². The molecule has 6 rings (SSSR count). The van der Waals surface area contributed by atoms with Crippen LogP contribution in [0.5, 0.6) is 0 Å².